The molecule has 1 atom stereocenters. The molecule has 0 saturated heterocycles. The van der Waals surface area contributed by atoms with Gasteiger partial charge >= 0.3 is 5.97 Å². The van der Waals surface area contributed by atoms with Crippen LogP contribution in [-0.2, 0) is 20.7 Å². The van der Waals surface area contributed by atoms with E-state index in [4.69, 9.17) is 5.11 Å². The number of rotatable bonds is 5. The fourth-order valence-corrected chi connectivity index (χ4v) is 1.32. The van der Waals surface area contributed by atoms with E-state index in [9.17, 15) is 18.4 Å². The molecule has 1 rings (SSSR count). The summed E-state index contributed by atoms with van der Waals surface area (Å²) >= 11 is 0. The van der Waals surface area contributed by atoms with Gasteiger partial charge in [-0.3, -0.25) is 4.79 Å². The van der Waals surface area contributed by atoms with Crippen molar-refractivity contribution >= 4 is 11.9 Å². The van der Waals surface area contributed by atoms with Crippen LogP contribution in [0.5, 0.6) is 0 Å². The highest BCUT2D eigenvalue weighted by atomic mass is 19.1. The first-order valence-electron chi connectivity index (χ1n) is 4.92. The van der Waals surface area contributed by atoms with Crippen LogP contribution in [0.3, 0.4) is 0 Å². The predicted molar refractivity (Wildman–Crippen MR) is 56.6 cm³/mol. The van der Waals surface area contributed by atoms with Gasteiger partial charge in [0, 0.05) is 13.2 Å². The van der Waals surface area contributed by atoms with Crippen LogP contribution in [0.2, 0.25) is 0 Å². The van der Waals surface area contributed by atoms with E-state index in [1.54, 1.807) is 0 Å². The number of carbonyl (C=O) groups excluding carboxylic acids is 1. The molecule has 0 radical (unpaired) electrons. The average Bonchev–Trinajstić information content (AvgIpc) is 2.23. The summed E-state index contributed by atoms with van der Waals surface area (Å²) in [5, 5.41) is 10.7. The molecule has 2 N–H and O–H groups in total. The normalized spacial score (nSPS) is 11.9. The molecule has 18 heavy (non-hydrogen) atoms. The summed E-state index contributed by atoms with van der Waals surface area (Å²) in [7, 11) is 1.11. The summed E-state index contributed by atoms with van der Waals surface area (Å²) in [5.74, 6) is -3.69. The molecule has 1 unspecified atom stereocenters. The number of carboxylic acid groups (broad SMARTS) is 1. The number of ether oxygens (including phenoxy) is 1. The largest absolute Gasteiger partial charge is 0.478 e. The maximum Gasteiger partial charge on any atom is 0.354 e. The van der Waals surface area contributed by atoms with Crippen LogP contribution in [0.1, 0.15) is 5.56 Å². The Morgan fingerprint density at radius 2 is 1.89 bits per heavy atom. The van der Waals surface area contributed by atoms with Gasteiger partial charge in [-0.1, -0.05) is 0 Å². The quantitative estimate of drug-likeness (QED) is 0.762. The van der Waals surface area contributed by atoms with Gasteiger partial charge in [-0.05, 0) is 17.7 Å². The number of carbonyl (C=O) groups is 2. The number of benzene rings is 1. The minimum atomic E-state index is -1.49. The predicted octanol–water partition coefficient (Wildman–Crippen LogP) is 0.681. The topological polar surface area (TPSA) is 75.6 Å². The summed E-state index contributed by atoms with van der Waals surface area (Å²) in [4.78, 5) is 22.0. The lowest BCUT2D eigenvalue weighted by Crippen LogP contribution is -2.42. The molecule has 5 nitrogen and oxygen atoms in total. The van der Waals surface area contributed by atoms with Gasteiger partial charge in [-0.15, -0.1) is 0 Å². The first kappa shape index (κ1) is 14.0. The Balaban J connectivity index is 2.67. The summed E-state index contributed by atoms with van der Waals surface area (Å²) in [6, 6.07) is 2.66. The van der Waals surface area contributed by atoms with Crippen molar-refractivity contribution in [3.8, 4) is 0 Å². The minimum absolute atomic E-state index is 0.102. The molecule has 1 aromatic rings. The molecule has 1 aromatic carbocycles. The Morgan fingerprint density at radius 3 is 2.33 bits per heavy atom. The monoisotopic (exact) mass is 259 g/mol. The number of amides is 1. The van der Waals surface area contributed by atoms with E-state index in [1.165, 1.54) is 0 Å². The zero-order valence-corrected chi connectivity index (χ0v) is 9.44. The Kier molecular flexibility index (Phi) is 4.73. The molecule has 1 amide bonds. The molecule has 7 heteroatoms. The van der Waals surface area contributed by atoms with Gasteiger partial charge in [0.15, 0.2) is 0 Å². The van der Waals surface area contributed by atoms with Gasteiger partial charge in [0.2, 0.25) is 12.1 Å². The van der Waals surface area contributed by atoms with Crippen molar-refractivity contribution in [1.29, 1.82) is 0 Å². The summed E-state index contributed by atoms with van der Waals surface area (Å²) < 4.78 is 30.2. The lowest BCUT2D eigenvalue weighted by atomic mass is 10.1. The van der Waals surface area contributed by atoms with E-state index in [-0.39, 0.29) is 12.0 Å². The standard InChI is InChI=1S/C11H11F2NO4/c1-18-10(11(16)17)14-9(15)4-6-2-7(12)5-8(13)3-6/h2-3,5,10H,4H2,1H3,(H,14,15)(H,16,17). The molecular formula is C11H11F2NO4. The van der Waals surface area contributed by atoms with Crippen molar-refractivity contribution in [2.24, 2.45) is 0 Å². The molecule has 98 valence electrons. The van der Waals surface area contributed by atoms with Gasteiger partial charge < -0.3 is 15.2 Å². The van der Waals surface area contributed by atoms with E-state index >= 15 is 0 Å². The summed E-state index contributed by atoms with van der Waals surface area (Å²) in [5.41, 5.74) is 0.102. The van der Waals surface area contributed by atoms with Crippen molar-refractivity contribution in [2.75, 3.05) is 7.11 Å². The van der Waals surface area contributed by atoms with Crippen molar-refractivity contribution in [3.05, 3.63) is 35.4 Å². The molecule has 0 fully saturated rings. The van der Waals surface area contributed by atoms with Gasteiger partial charge in [0.25, 0.3) is 0 Å². The number of methoxy groups -OCH3 is 1. The van der Waals surface area contributed by atoms with Crippen molar-refractivity contribution < 1.29 is 28.2 Å². The van der Waals surface area contributed by atoms with Crippen molar-refractivity contribution in [1.82, 2.24) is 5.32 Å². The van der Waals surface area contributed by atoms with Gasteiger partial charge in [-0.25, -0.2) is 13.6 Å². The molecule has 0 spiro atoms. The maximum atomic E-state index is 12.8. The van der Waals surface area contributed by atoms with Gasteiger partial charge in [0.05, 0.1) is 6.42 Å². The molecule has 0 aliphatic carbocycles. The molecule has 0 aliphatic heterocycles. The van der Waals surface area contributed by atoms with E-state index in [1.807, 2.05) is 5.32 Å². The number of halogens is 2. The Morgan fingerprint density at radius 1 is 1.33 bits per heavy atom. The molecule has 0 aliphatic rings. The van der Waals surface area contributed by atoms with Crippen molar-refractivity contribution in [2.45, 2.75) is 12.6 Å². The van der Waals surface area contributed by atoms with Crippen LogP contribution in [0.4, 0.5) is 8.78 Å². The summed E-state index contributed by atoms with van der Waals surface area (Å²) in [6.07, 6.45) is -1.84. The summed E-state index contributed by atoms with van der Waals surface area (Å²) in [6.45, 7) is 0. The number of hydrogen-bond acceptors (Lipinski definition) is 3. The molecule has 0 saturated carbocycles. The molecular weight excluding hydrogens is 248 g/mol. The Labute approximate surface area is 101 Å². The Bertz CT molecular complexity index is 444. The highest BCUT2D eigenvalue weighted by molar-refractivity contribution is 5.84. The first-order valence-corrected chi connectivity index (χ1v) is 4.92. The van der Waals surface area contributed by atoms with Crippen LogP contribution in [0.25, 0.3) is 0 Å². The highest BCUT2D eigenvalue weighted by Crippen LogP contribution is 2.08. The fraction of sp³-hybridized carbons (Fsp3) is 0.273. The SMILES string of the molecule is COC(NC(=O)Cc1cc(F)cc(F)c1)C(=O)O. The number of nitrogens with one attached hydrogen (secondary N) is 1. The Hall–Kier alpha value is -2.02. The van der Waals surface area contributed by atoms with Gasteiger partial charge in [-0.2, -0.15) is 0 Å². The van der Waals surface area contributed by atoms with Crippen LogP contribution >= 0.6 is 0 Å². The number of hydrogen-bond donors (Lipinski definition) is 2. The van der Waals surface area contributed by atoms with Crippen LogP contribution in [0.15, 0.2) is 18.2 Å². The zero-order valence-electron chi connectivity index (χ0n) is 9.44. The maximum absolute atomic E-state index is 12.8. The average molecular weight is 259 g/mol. The van der Waals surface area contributed by atoms with E-state index < -0.39 is 29.7 Å². The fourth-order valence-electron chi connectivity index (χ4n) is 1.32. The second-order valence-corrected chi connectivity index (χ2v) is 3.48. The molecule has 0 aromatic heterocycles. The van der Waals surface area contributed by atoms with Crippen LogP contribution < -0.4 is 5.32 Å². The number of carboxylic acids is 1. The van der Waals surface area contributed by atoms with E-state index in [0.717, 1.165) is 19.2 Å². The number of aliphatic carboxylic acids is 1. The van der Waals surface area contributed by atoms with Crippen molar-refractivity contribution in [3.63, 3.8) is 0 Å². The minimum Gasteiger partial charge on any atom is -0.478 e. The van der Waals surface area contributed by atoms with E-state index in [2.05, 4.69) is 4.74 Å². The molecule has 0 bridgehead atoms. The smallest absolute Gasteiger partial charge is 0.354 e. The lowest BCUT2D eigenvalue weighted by molar-refractivity contribution is -0.153. The van der Waals surface area contributed by atoms with Crippen LogP contribution in [0, 0.1) is 11.6 Å². The second-order valence-electron chi connectivity index (χ2n) is 3.48. The van der Waals surface area contributed by atoms with Gasteiger partial charge in [0.1, 0.15) is 11.6 Å². The third-order valence-electron chi connectivity index (χ3n) is 2.04. The van der Waals surface area contributed by atoms with Crippen LogP contribution in [-0.4, -0.2) is 30.3 Å². The third kappa shape index (κ3) is 4.10. The lowest BCUT2D eigenvalue weighted by Gasteiger charge is -2.12. The zero-order chi connectivity index (χ0) is 13.7. The third-order valence-corrected chi connectivity index (χ3v) is 2.04. The first-order chi connectivity index (χ1) is 8.42. The molecule has 0 heterocycles. The highest BCUT2D eigenvalue weighted by Gasteiger charge is 2.19. The van der Waals surface area contributed by atoms with E-state index in [0.29, 0.717) is 6.07 Å². The second kappa shape index (κ2) is 6.06.